The second-order valence-corrected chi connectivity index (χ2v) is 7.94. The summed E-state index contributed by atoms with van der Waals surface area (Å²) in [6.45, 7) is 2.13. The molecule has 30 heavy (non-hydrogen) atoms. The molecule has 0 spiro atoms. The molecule has 4 rings (SSSR count). The summed E-state index contributed by atoms with van der Waals surface area (Å²) in [5.74, 6) is -0.273. The van der Waals surface area contributed by atoms with Crippen LogP contribution in [0, 0.1) is 0 Å². The molecule has 154 valence electrons. The number of hydrogen-bond acceptors (Lipinski definition) is 3. The molecule has 0 aliphatic heterocycles. The first-order valence-electron chi connectivity index (χ1n) is 9.97. The zero-order valence-electron chi connectivity index (χ0n) is 16.7. The molecule has 1 atom stereocenters. The van der Waals surface area contributed by atoms with Crippen LogP contribution >= 0.6 is 11.6 Å². The molecule has 1 heterocycles. The SMILES string of the molecule is CC(=O)Nc1ccc(C(=O)N[C@H]2CCCc3c2cnn3Cc2ccc(Cl)cc2)cc1. The number of rotatable bonds is 5. The predicted octanol–water partition coefficient (Wildman–Crippen LogP) is 4.35. The lowest BCUT2D eigenvalue weighted by molar-refractivity contribution is -0.114. The van der Waals surface area contributed by atoms with Crippen molar-refractivity contribution in [3.63, 3.8) is 0 Å². The molecule has 7 heteroatoms. The molecule has 3 aromatic rings. The second kappa shape index (κ2) is 8.71. The van der Waals surface area contributed by atoms with E-state index in [2.05, 4.69) is 15.7 Å². The fraction of sp³-hybridized carbons (Fsp3) is 0.261. The van der Waals surface area contributed by atoms with E-state index >= 15 is 0 Å². The summed E-state index contributed by atoms with van der Waals surface area (Å²) >= 11 is 5.98. The predicted molar refractivity (Wildman–Crippen MR) is 117 cm³/mol. The Morgan fingerprint density at radius 1 is 1.13 bits per heavy atom. The summed E-state index contributed by atoms with van der Waals surface area (Å²) in [5, 5.41) is 11.1. The van der Waals surface area contributed by atoms with Gasteiger partial charge in [-0.15, -0.1) is 0 Å². The van der Waals surface area contributed by atoms with Crippen molar-refractivity contribution in [3.05, 3.63) is 82.1 Å². The number of halogens is 1. The van der Waals surface area contributed by atoms with Crippen molar-refractivity contribution >= 4 is 29.1 Å². The summed E-state index contributed by atoms with van der Waals surface area (Å²) in [4.78, 5) is 23.9. The average molecular weight is 423 g/mol. The highest BCUT2D eigenvalue weighted by Crippen LogP contribution is 2.30. The van der Waals surface area contributed by atoms with Crippen molar-refractivity contribution in [3.8, 4) is 0 Å². The third-order valence-corrected chi connectivity index (χ3v) is 5.53. The van der Waals surface area contributed by atoms with E-state index in [1.165, 1.54) is 12.6 Å². The molecule has 0 saturated heterocycles. The van der Waals surface area contributed by atoms with Crippen molar-refractivity contribution in [2.75, 3.05) is 5.32 Å². The standard InChI is InChI=1S/C23H23ClN4O2/c1-15(29)26-19-11-7-17(8-12-19)23(30)27-21-3-2-4-22-20(21)13-25-28(22)14-16-5-9-18(24)10-6-16/h5-13,21H,2-4,14H2,1H3,(H,26,29)(H,27,30)/t21-/m0/s1. The number of amides is 2. The molecule has 2 N–H and O–H groups in total. The van der Waals surface area contributed by atoms with E-state index in [1.54, 1.807) is 24.3 Å². The number of nitrogens with zero attached hydrogens (tertiary/aromatic N) is 2. The van der Waals surface area contributed by atoms with Gasteiger partial charge >= 0.3 is 0 Å². The highest BCUT2D eigenvalue weighted by Gasteiger charge is 2.26. The van der Waals surface area contributed by atoms with E-state index in [-0.39, 0.29) is 17.9 Å². The number of hydrogen-bond donors (Lipinski definition) is 2. The monoisotopic (exact) mass is 422 g/mol. The van der Waals surface area contributed by atoms with E-state index in [4.69, 9.17) is 11.6 Å². The van der Waals surface area contributed by atoms with Gasteiger partial charge in [-0.1, -0.05) is 23.7 Å². The number of carbonyl (C=O) groups excluding carboxylic acids is 2. The van der Waals surface area contributed by atoms with Crippen LogP contribution in [0.1, 0.15) is 53.0 Å². The van der Waals surface area contributed by atoms with Gasteiger partial charge in [0, 0.05) is 34.5 Å². The van der Waals surface area contributed by atoms with E-state index in [0.717, 1.165) is 30.4 Å². The van der Waals surface area contributed by atoms with Crippen LogP contribution in [0.4, 0.5) is 5.69 Å². The molecule has 0 saturated carbocycles. The first-order chi connectivity index (χ1) is 14.5. The lowest BCUT2D eigenvalue weighted by Crippen LogP contribution is -2.31. The van der Waals surface area contributed by atoms with Gasteiger partial charge in [-0.05, 0) is 61.2 Å². The second-order valence-electron chi connectivity index (χ2n) is 7.51. The van der Waals surface area contributed by atoms with Crippen LogP contribution in [0.2, 0.25) is 5.02 Å². The minimum absolute atomic E-state index is 0.0600. The van der Waals surface area contributed by atoms with Gasteiger partial charge in [0.15, 0.2) is 0 Å². The van der Waals surface area contributed by atoms with Gasteiger partial charge in [0.05, 0.1) is 18.8 Å². The van der Waals surface area contributed by atoms with Crippen LogP contribution in [0.5, 0.6) is 0 Å². The van der Waals surface area contributed by atoms with Gasteiger partial charge in [-0.25, -0.2) is 0 Å². The van der Waals surface area contributed by atoms with E-state index in [1.807, 2.05) is 35.1 Å². The van der Waals surface area contributed by atoms with Crippen LogP contribution in [0.15, 0.2) is 54.7 Å². The summed E-state index contributed by atoms with van der Waals surface area (Å²) in [6, 6.07) is 14.6. The largest absolute Gasteiger partial charge is 0.345 e. The molecule has 2 amide bonds. The number of aromatic nitrogens is 2. The van der Waals surface area contributed by atoms with Crippen LogP contribution in [0.25, 0.3) is 0 Å². The maximum Gasteiger partial charge on any atom is 0.251 e. The molecular formula is C23H23ClN4O2. The highest BCUT2D eigenvalue weighted by atomic mass is 35.5. The summed E-state index contributed by atoms with van der Waals surface area (Å²) in [5.41, 5.74) is 4.61. The fourth-order valence-electron chi connectivity index (χ4n) is 3.82. The molecule has 1 aromatic heterocycles. The van der Waals surface area contributed by atoms with E-state index in [0.29, 0.717) is 22.8 Å². The molecule has 1 aliphatic rings. The minimum atomic E-state index is -0.141. The number of nitrogens with one attached hydrogen (secondary N) is 2. The third-order valence-electron chi connectivity index (χ3n) is 5.28. The molecule has 1 aliphatic carbocycles. The van der Waals surface area contributed by atoms with Gasteiger partial charge in [-0.2, -0.15) is 5.10 Å². The van der Waals surface area contributed by atoms with Crippen molar-refractivity contribution in [2.24, 2.45) is 0 Å². The van der Waals surface area contributed by atoms with Gasteiger partial charge < -0.3 is 10.6 Å². The number of anilines is 1. The Bertz CT molecular complexity index is 1060. The van der Waals surface area contributed by atoms with Crippen LogP contribution in [0.3, 0.4) is 0 Å². The quantitative estimate of drug-likeness (QED) is 0.641. The van der Waals surface area contributed by atoms with Crippen LogP contribution in [-0.4, -0.2) is 21.6 Å². The Labute approximate surface area is 180 Å². The minimum Gasteiger partial charge on any atom is -0.345 e. The van der Waals surface area contributed by atoms with Gasteiger partial charge in [-0.3, -0.25) is 14.3 Å². The first-order valence-corrected chi connectivity index (χ1v) is 10.3. The molecule has 2 aromatic carbocycles. The van der Waals surface area contributed by atoms with Gasteiger partial charge in [0.1, 0.15) is 0 Å². The zero-order chi connectivity index (χ0) is 21.1. The fourth-order valence-corrected chi connectivity index (χ4v) is 3.94. The summed E-state index contributed by atoms with van der Waals surface area (Å²) < 4.78 is 2.01. The Hall–Kier alpha value is -3.12. The van der Waals surface area contributed by atoms with Crippen LogP contribution < -0.4 is 10.6 Å². The van der Waals surface area contributed by atoms with E-state index < -0.39 is 0 Å². The van der Waals surface area contributed by atoms with Gasteiger partial charge in [0.25, 0.3) is 5.91 Å². The topological polar surface area (TPSA) is 76.0 Å². The average Bonchev–Trinajstić information content (AvgIpc) is 3.14. The van der Waals surface area contributed by atoms with Crippen molar-refractivity contribution < 1.29 is 9.59 Å². The van der Waals surface area contributed by atoms with E-state index in [9.17, 15) is 9.59 Å². The maximum atomic E-state index is 12.7. The third kappa shape index (κ3) is 4.54. The number of carbonyl (C=O) groups is 2. The van der Waals surface area contributed by atoms with Gasteiger partial charge in [0.2, 0.25) is 5.91 Å². The number of benzene rings is 2. The smallest absolute Gasteiger partial charge is 0.251 e. The summed E-state index contributed by atoms with van der Waals surface area (Å²) in [6.07, 6.45) is 4.69. The van der Waals surface area contributed by atoms with Crippen molar-refractivity contribution in [1.29, 1.82) is 0 Å². The number of fused-ring (bicyclic) bond motifs is 1. The molecular weight excluding hydrogens is 400 g/mol. The summed E-state index contributed by atoms with van der Waals surface area (Å²) in [7, 11) is 0. The normalized spacial score (nSPS) is 15.3. The lowest BCUT2D eigenvalue weighted by atomic mass is 9.92. The molecule has 0 bridgehead atoms. The Kier molecular flexibility index (Phi) is 5.86. The Balaban J connectivity index is 1.47. The first kappa shape index (κ1) is 20.2. The Morgan fingerprint density at radius 3 is 2.57 bits per heavy atom. The molecule has 0 fully saturated rings. The van der Waals surface area contributed by atoms with Crippen molar-refractivity contribution in [2.45, 2.75) is 38.8 Å². The zero-order valence-corrected chi connectivity index (χ0v) is 17.4. The van der Waals surface area contributed by atoms with Crippen molar-refractivity contribution in [1.82, 2.24) is 15.1 Å². The lowest BCUT2D eigenvalue weighted by Gasteiger charge is -2.24. The Morgan fingerprint density at radius 2 is 1.87 bits per heavy atom. The molecule has 6 nitrogen and oxygen atoms in total. The van der Waals surface area contributed by atoms with Crippen LogP contribution in [-0.2, 0) is 17.8 Å². The maximum absolute atomic E-state index is 12.7. The highest BCUT2D eigenvalue weighted by molar-refractivity contribution is 6.30. The molecule has 0 unspecified atom stereocenters. The molecule has 0 radical (unpaired) electrons.